The number of pyridine rings is 1. The lowest BCUT2D eigenvalue weighted by atomic mass is 9.73. The Bertz CT molecular complexity index is 1080. The standard InChI is InChI=1S/C30H55F3N2O3SSi2/c1-26(2,3)39(36)35-24(23-15-21(16-29(10,32)33)20-34-25(23)31)19-30(38-41(13,14)28(7,8)9)17-22(18-30)37-40(11,12)27(4,5)6/h15,20,22,24,35H,16-19H2,1-14H3. The van der Waals surface area contributed by atoms with Crippen molar-refractivity contribution >= 4 is 27.6 Å². The maximum absolute atomic E-state index is 15.4. The summed E-state index contributed by atoms with van der Waals surface area (Å²) in [6.07, 6.45) is 2.19. The first-order valence-corrected chi connectivity index (χ1v) is 21.6. The highest BCUT2D eigenvalue weighted by molar-refractivity contribution is 7.84. The number of nitrogens with zero attached hydrogens (tertiary/aromatic N) is 1. The van der Waals surface area contributed by atoms with Crippen LogP contribution < -0.4 is 4.72 Å². The molecule has 1 saturated carbocycles. The lowest BCUT2D eigenvalue weighted by Crippen LogP contribution is -2.61. The van der Waals surface area contributed by atoms with E-state index in [9.17, 15) is 13.0 Å². The highest BCUT2D eigenvalue weighted by Gasteiger charge is 2.55. The van der Waals surface area contributed by atoms with Gasteiger partial charge in [-0.05, 0) is 82.0 Å². The fourth-order valence-electron chi connectivity index (χ4n) is 4.54. The number of halogens is 3. The van der Waals surface area contributed by atoms with Crippen LogP contribution in [0.25, 0.3) is 0 Å². The van der Waals surface area contributed by atoms with Crippen LogP contribution in [0.3, 0.4) is 0 Å². The van der Waals surface area contributed by atoms with Gasteiger partial charge in [0.1, 0.15) is 0 Å². The monoisotopic (exact) mass is 636 g/mol. The zero-order chi connectivity index (χ0) is 32.0. The van der Waals surface area contributed by atoms with Crippen LogP contribution in [0.4, 0.5) is 13.2 Å². The highest BCUT2D eigenvalue weighted by Crippen LogP contribution is 2.52. The summed E-state index contributed by atoms with van der Waals surface area (Å²) in [7, 11) is -5.88. The molecule has 1 aromatic rings. The van der Waals surface area contributed by atoms with E-state index in [0.29, 0.717) is 19.3 Å². The minimum absolute atomic E-state index is 0.00233. The first-order chi connectivity index (χ1) is 18.1. The van der Waals surface area contributed by atoms with Gasteiger partial charge in [-0.2, -0.15) is 4.39 Å². The molecule has 1 heterocycles. The lowest BCUT2D eigenvalue weighted by molar-refractivity contribution is -0.105. The molecule has 2 unspecified atom stereocenters. The summed E-state index contributed by atoms with van der Waals surface area (Å²) in [5.74, 6) is -3.73. The van der Waals surface area contributed by atoms with Crippen molar-refractivity contribution in [3.63, 3.8) is 0 Å². The van der Waals surface area contributed by atoms with Crippen LogP contribution in [-0.2, 0) is 26.3 Å². The van der Waals surface area contributed by atoms with Gasteiger partial charge in [-0.15, -0.1) is 0 Å². The quantitative estimate of drug-likeness (QED) is 0.195. The summed E-state index contributed by atoms with van der Waals surface area (Å²) in [5.41, 5.74) is -0.280. The zero-order valence-corrected chi connectivity index (χ0v) is 30.7. The van der Waals surface area contributed by atoms with Gasteiger partial charge in [0.05, 0.1) is 33.5 Å². The predicted octanol–water partition coefficient (Wildman–Crippen LogP) is 8.85. The topological polar surface area (TPSA) is 60.5 Å². The third kappa shape index (κ3) is 9.70. The van der Waals surface area contributed by atoms with Crippen LogP contribution in [0.5, 0.6) is 0 Å². The molecule has 0 bridgehead atoms. The fraction of sp³-hybridized carbons (Fsp3) is 0.833. The molecule has 2 atom stereocenters. The number of rotatable bonds is 11. The molecule has 238 valence electrons. The Kier molecular flexibility index (Phi) is 10.8. The Labute approximate surface area is 252 Å². The molecule has 2 rings (SSSR count). The summed E-state index contributed by atoms with van der Waals surface area (Å²) in [5, 5.41) is -0.0161. The molecule has 0 saturated heterocycles. The van der Waals surface area contributed by atoms with E-state index >= 15 is 4.39 Å². The molecule has 0 radical (unpaired) electrons. The van der Waals surface area contributed by atoms with Gasteiger partial charge in [0, 0.05) is 31.0 Å². The van der Waals surface area contributed by atoms with Gasteiger partial charge in [0.15, 0.2) is 16.6 Å². The molecule has 0 aliphatic heterocycles. The first-order valence-electron chi connectivity index (χ1n) is 14.7. The SMILES string of the molecule is CC(F)(F)Cc1cnc(F)c(C(CC2(O[Si](C)(C)C(C)(C)C)CC(O[Si](C)(C)C(C)(C)C)C2)NS(=O)C(C)(C)C)c1. The molecule has 1 aliphatic rings. The van der Waals surface area contributed by atoms with Crippen molar-refractivity contribution in [2.75, 3.05) is 0 Å². The van der Waals surface area contributed by atoms with Crippen molar-refractivity contribution in [2.45, 2.75) is 160 Å². The molecule has 41 heavy (non-hydrogen) atoms. The third-order valence-corrected chi connectivity index (χ3v) is 19.6. The van der Waals surface area contributed by atoms with Crippen LogP contribution in [0.15, 0.2) is 12.3 Å². The number of aromatic nitrogens is 1. The lowest BCUT2D eigenvalue weighted by Gasteiger charge is -2.56. The summed E-state index contributed by atoms with van der Waals surface area (Å²) in [4.78, 5) is 3.84. The van der Waals surface area contributed by atoms with Crippen LogP contribution in [0.1, 0.15) is 106 Å². The normalized spacial score (nSPS) is 22.8. The average molecular weight is 637 g/mol. The van der Waals surface area contributed by atoms with Crippen molar-refractivity contribution in [3.8, 4) is 0 Å². The molecular weight excluding hydrogens is 582 g/mol. The highest BCUT2D eigenvalue weighted by atomic mass is 32.2. The Morgan fingerprint density at radius 3 is 1.95 bits per heavy atom. The molecule has 0 amide bonds. The number of hydrogen-bond acceptors (Lipinski definition) is 4. The van der Waals surface area contributed by atoms with Gasteiger partial charge < -0.3 is 8.85 Å². The first kappa shape index (κ1) is 36.6. The number of hydrogen-bond donors (Lipinski definition) is 1. The molecule has 11 heteroatoms. The summed E-state index contributed by atoms with van der Waals surface area (Å²) in [6.45, 7) is 28.4. The second-order valence-electron chi connectivity index (χ2n) is 16.2. The molecule has 0 spiro atoms. The van der Waals surface area contributed by atoms with Gasteiger partial charge in [-0.1, -0.05) is 41.5 Å². The van der Waals surface area contributed by atoms with Gasteiger partial charge in [-0.3, -0.25) is 0 Å². The van der Waals surface area contributed by atoms with E-state index in [1.54, 1.807) is 0 Å². The molecule has 1 fully saturated rings. The van der Waals surface area contributed by atoms with Gasteiger partial charge in [0.25, 0.3) is 0 Å². The minimum atomic E-state index is -2.97. The molecule has 5 nitrogen and oxygen atoms in total. The van der Waals surface area contributed by atoms with E-state index in [1.807, 2.05) is 20.8 Å². The average Bonchev–Trinajstić information content (AvgIpc) is 2.69. The largest absolute Gasteiger partial charge is 0.414 e. The van der Waals surface area contributed by atoms with Crippen LogP contribution >= 0.6 is 0 Å². The van der Waals surface area contributed by atoms with Crippen LogP contribution in [0, 0.1) is 5.95 Å². The number of alkyl halides is 2. The predicted molar refractivity (Wildman–Crippen MR) is 169 cm³/mol. The van der Waals surface area contributed by atoms with Crippen molar-refractivity contribution in [3.05, 3.63) is 29.3 Å². The summed E-state index contributed by atoms with van der Waals surface area (Å²) < 4.78 is 72.9. The molecule has 1 aromatic heterocycles. The van der Waals surface area contributed by atoms with Crippen LogP contribution in [0.2, 0.25) is 36.3 Å². The Hall–Kier alpha value is -0.596. The molecular formula is C30H55F3N2O3SSi2. The Balaban J connectivity index is 2.55. The maximum atomic E-state index is 15.4. The third-order valence-electron chi connectivity index (χ3n) is 8.94. The molecule has 1 N–H and O–H groups in total. The van der Waals surface area contributed by atoms with Gasteiger partial charge in [-0.25, -0.2) is 22.7 Å². The van der Waals surface area contributed by atoms with Gasteiger partial charge in [0.2, 0.25) is 11.9 Å². The summed E-state index contributed by atoms with van der Waals surface area (Å²) in [6, 6.07) is 0.686. The van der Waals surface area contributed by atoms with E-state index in [4.69, 9.17) is 8.85 Å². The van der Waals surface area contributed by atoms with Crippen LogP contribution in [-0.4, -0.2) is 48.2 Å². The smallest absolute Gasteiger partial charge is 0.249 e. The van der Waals surface area contributed by atoms with Crippen molar-refractivity contribution in [1.82, 2.24) is 9.71 Å². The fourth-order valence-corrected chi connectivity index (χ4v) is 8.35. The Morgan fingerprint density at radius 2 is 1.51 bits per heavy atom. The maximum Gasteiger partial charge on any atom is 0.249 e. The second-order valence-corrected chi connectivity index (χ2v) is 27.7. The molecule has 0 aromatic carbocycles. The van der Waals surface area contributed by atoms with Gasteiger partial charge >= 0.3 is 0 Å². The van der Waals surface area contributed by atoms with E-state index in [0.717, 1.165) is 13.1 Å². The second kappa shape index (κ2) is 12.1. The number of nitrogens with one attached hydrogen (secondary N) is 1. The van der Waals surface area contributed by atoms with E-state index in [2.05, 4.69) is 77.4 Å². The van der Waals surface area contributed by atoms with E-state index in [1.165, 1.54) is 6.07 Å². The zero-order valence-electron chi connectivity index (χ0n) is 27.9. The summed E-state index contributed by atoms with van der Waals surface area (Å²) >= 11 is 0. The van der Waals surface area contributed by atoms with E-state index < -0.39 is 62.3 Å². The Morgan fingerprint density at radius 1 is 1.00 bits per heavy atom. The van der Waals surface area contributed by atoms with Crippen molar-refractivity contribution < 1.29 is 26.2 Å². The molecule has 1 aliphatic carbocycles. The minimum Gasteiger partial charge on any atom is -0.414 e. The van der Waals surface area contributed by atoms with E-state index in [-0.39, 0.29) is 27.3 Å². The van der Waals surface area contributed by atoms with Crippen molar-refractivity contribution in [1.29, 1.82) is 0 Å². The van der Waals surface area contributed by atoms with Crippen molar-refractivity contribution in [2.24, 2.45) is 0 Å².